The van der Waals surface area contributed by atoms with Crippen LogP contribution in [0.15, 0.2) is 48.5 Å². The number of benzene rings is 2. The predicted molar refractivity (Wildman–Crippen MR) is 85.3 cm³/mol. The van der Waals surface area contributed by atoms with Crippen LogP contribution < -0.4 is 4.90 Å². The molecule has 2 aromatic rings. The van der Waals surface area contributed by atoms with Crippen LogP contribution in [0, 0.1) is 0 Å². The third kappa shape index (κ3) is 3.14. The molecule has 3 heteroatoms. The number of anilines is 1. The zero-order valence-corrected chi connectivity index (χ0v) is 12.8. The van der Waals surface area contributed by atoms with E-state index in [-0.39, 0.29) is 6.04 Å². The van der Waals surface area contributed by atoms with Crippen molar-refractivity contribution in [1.29, 1.82) is 0 Å². The smallest absolute Gasteiger partial charge is 0.0781 e. The molecule has 106 valence electrons. The molecule has 20 heavy (non-hydrogen) atoms. The van der Waals surface area contributed by atoms with Crippen molar-refractivity contribution in [3.05, 3.63) is 64.7 Å². The van der Waals surface area contributed by atoms with E-state index in [1.165, 1.54) is 5.56 Å². The lowest BCUT2D eigenvalue weighted by Gasteiger charge is -2.30. The van der Waals surface area contributed by atoms with Gasteiger partial charge in [0.2, 0.25) is 0 Å². The van der Waals surface area contributed by atoms with Gasteiger partial charge in [0.1, 0.15) is 0 Å². The van der Waals surface area contributed by atoms with E-state index in [1.54, 1.807) is 6.92 Å². The lowest BCUT2D eigenvalue weighted by Crippen LogP contribution is -2.23. The molecule has 0 radical (unpaired) electrons. The first kappa shape index (κ1) is 14.9. The predicted octanol–water partition coefficient (Wildman–Crippen LogP) is 4.59. The van der Waals surface area contributed by atoms with Gasteiger partial charge in [-0.2, -0.15) is 0 Å². The number of rotatable bonds is 4. The van der Waals surface area contributed by atoms with Crippen LogP contribution in [0.4, 0.5) is 5.69 Å². The van der Waals surface area contributed by atoms with E-state index < -0.39 is 6.10 Å². The molecule has 0 spiro atoms. The van der Waals surface area contributed by atoms with Crippen LogP contribution in [0.1, 0.15) is 37.1 Å². The van der Waals surface area contributed by atoms with Gasteiger partial charge in [-0.3, -0.25) is 0 Å². The third-order valence-electron chi connectivity index (χ3n) is 3.70. The highest BCUT2D eigenvalue weighted by molar-refractivity contribution is 6.30. The monoisotopic (exact) mass is 289 g/mol. The SMILES string of the molecule is CC(c1ccc(Cl)cc1)N(C)c1ccccc1[C@H](C)O. The number of para-hydroxylation sites is 1. The van der Waals surface area contributed by atoms with Crippen molar-refractivity contribution in [2.45, 2.75) is 26.0 Å². The Morgan fingerprint density at radius 3 is 2.20 bits per heavy atom. The fourth-order valence-electron chi connectivity index (χ4n) is 2.34. The summed E-state index contributed by atoms with van der Waals surface area (Å²) in [6.45, 7) is 3.93. The van der Waals surface area contributed by atoms with E-state index in [0.717, 1.165) is 16.3 Å². The Morgan fingerprint density at radius 2 is 1.60 bits per heavy atom. The Labute approximate surface area is 125 Å². The molecule has 0 amide bonds. The summed E-state index contributed by atoms with van der Waals surface area (Å²) < 4.78 is 0. The number of nitrogens with zero attached hydrogens (tertiary/aromatic N) is 1. The highest BCUT2D eigenvalue weighted by Crippen LogP contribution is 2.31. The molecule has 2 atom stereocenters. The average molecular weight is 290 g/mol. The molecule has 1 N–H and O–H groups in total. The number of hydrogen-bond acceptors (Lipinski definition) is 2. The lowest BCUT2D eigenvalue weighted by molar-refractivity contribution is 0.199. The second kappa shape index (κ2) is 6.29. The van der Waals surface area contributed by atoms with Crippen molar-refractivity contribution >= 4 is 17.3 Å². The van der Waals surface area contributed by atoms with Crippen LogP contribution in [-0.2, 0) is 0 Å². The Bertz CT molecular complexity index is 565. The van der Waals surface area contributed by atoms with Crippen LogP contribution in [0.3, 0.4) is 0 Å². The van der Waals surface area contributed by atoms with Gasteiger partial charge in [-0.05, 0) is 37.6 Å². The molecule has 2 rings (SSSR count). The largest absolute Gasteiger partial charge is 0.389 e. The summed E-state index contributed by atoms with van der Waals surface area (Å²) in [7, 11) is 2.04. The summed E-state index contributed by atoms with van der Waals surface area (Å²) in [5, 5.41) is 10.6. The summed E-state index contributed by atoms with van der Waals surface area (Å²) in [5.74, 6) is 0. The average Bonchev–Trinajstić information content (AvgIpc) is 2.46. The molecule has 2 aromatic carbocycles. The van der Waals surface area contributed by atoms with Crippen LogP contribution >= 0.6 is 11.6 Å². The van der Waals surface area contributed by atoms with Crippen molar-refractivity contribution in [2.75, 3.05) is 11.9 Å². The highest BCUT2D eigenvalue weighted by Gasteiger charge is 2.16. The van der Waals surface area contributed by atoms with Crippen LogP contribution in [0.5, 0.6) is 0 Å². The molecule has 1 unspecified atom stereocenters. The molecule has 0 heterocycles. The Morgan fingerprint density at radius 1 is 1.00 bits per heavy atom. The maximum absolute atomic E-state index is 9.90. The second-order valence-corrected chi connectivity index (χ2v) is 5.51. The standard InChI is InChI=1S/C17H20ClNO/c1-12(14-8-10-15(18)11-9-14)19(3)17-7-5-4-6-16(17)13(2)20/h4-13,20H,1-3H3/t12?,13-/m0/s1. The van der Waals surface area contributed by atoms with E-state index in [1.807, 2.05) is 55.6 Å². The molecule has 0 saturated heterocycles. The summed E-state index contributed by atoms with van der Waals surface area (Å²) in [6.07, 6.45) is -0.480. The number of aliphatic hydroxyl groups is 1. The van der Waals surface area contributed by atoms with Gasteiger partial charge in [-0.15, -0.1) is 0 Å². The Hall–Kier alpha value is -1.51. The molecular formula is C17H20ClNO. The molecule has 0 aromatic heterocycles. The van der Waals surface area contributed by atoms with Gasteiger partial charge >= 0.3 is 0 Å². The maximum Gasteiger partial charge on any atom is 0.0781 e. The zero-order chi connectivity index (χ0) is 14.7. The van der Waals surface area contributed by atoms with Gasteiger partial charge in [-0.1, -0.05) is 41.9 Å². The minimum Gasteiger partial charge on any atom is -0.389 e. The molecular weight excluding hydrogens is 270 g/mol. The topological polar surface area (TPSA) is 23.5 Å². The quantitative estimate of drug-likeness (QED) is 0.890. The number of aliphatic hydroxyl groups excluding tert-OH is 1. The Balaban J connectivity index is 2.31. The second-order valence-electron chi connectivity index (χ2n) is 5.07. The fraction of sp³-hybridized carbons (Fsp3) is 0.294. The van der Waals surface area contributed by atoms with Crippen LogP contribution in [0.25, 0.3) is 0 Å². The van der Waals surface area contributed by atoms with Gasteiger partial charge in [0, 0.05) is 23.3 Å². The summed E-state index contributed by atoms with van der Waals surface area (Å²) in [6, 6.07) is 16.0. The van der Waals surface area contributed by atoms with E-state index in [0.29, 0.717) is 0 Å². The van der Waals surface area contributed by atoms with Gasteiger partial charge in [-0.25, -0.2) is 0 Å². The number of hydrogen-bond donors (Lipinski definition) is 1. The van der Waals surface area contributed by atoms with Gasteiger partial charge < -0.3 is 10.0 Å². The van der Waals surface area contributed by atoms with Crippen LogP contribution in [-0.4, -0.2) is 12.2 Å². The van der Waals surface area contributed by atoms with E-state index in [4.69, 9.17) is 11.6 Å². The molecule has 0 saturated carbocycles. The minimum atomic E-state index is -0.480. The normalized spacial score (nSPS) is 13.8. The summed E-state index contributed by atoms with van der Waals surface area (Å²) in [5.41, 5.74) is 3.18. The van der Waals surface area contributed by atoms with Crippen molar-refractivity contribution in [3.8, 4) is 0 Å². The highest BCUT2D eigenvalue weighted by atomic mass is 35.5. The van der Waals surface area contributed by atoms with E-state index >= 15 is 0 Å². The molecule has 0 bridgehead atoms. The lowest BCUT2D eigenvalue weighted by atomic mass is 10.0. The maximum atomic E-state index is 9.90. The third-order valence-corrected chi connectivity index (χ3v) is 3.95. The first-order valence-corrected chi connectivity index (χ1v) is 7.13. The summed E-state index contributed by atoms with van der Waals surface area (Å²) >= 11 is 5.93. The molecule has 0 aliphatic heterocycles. The first-order valence-electron chi connectivity index (χ1n) is 6.76. The van der Waals surface area contributed by atoms with E-state index in [9.17, 15) is 5.11 Å². The fourth-order valence-corrected chi connectivity index (χ4v) is 2.46. The Kier molecular flexibility index (Phi) is 4.69. The molecule has 2 nitrogen and oxygen atoms in total. The molecule has 0 aliphatic rings. The van der Waals surface area contributed by atoms with Crippen LogP contribution in [0.2, 0.25) is 5.02 Å². The summed E-state index contributed by atoms with van der Waals surface area (Å²) in [4.78, 5) is 2.17. The van der Waals surface area contributed by atoms with Crippen molar-refractivity contribution in [1.82, 2.24) is 0 Å². The molecule has 0 aliphatic carbocycles. The van der Waals surface area contributed by atoms with Gasteiger partial charge in [0.15, 0.2) is 0 Å². The van der Waals surface area contributed by atoms with Gasteiger partial charge in [0.25, 0.3) is 0 Å². The minimum absolute atomic E-state index is 0.201. The van der Waals surface area contributed by atoms with Crippen molar-refractivity contribution in [3.63, 3.8) is 0 Å². The molecule has 0 fully saturated rings. The van der Waals surface area contributed by atoms with Gasteiger partial charge in [0.05, 0.1) is 12.1 Å². The first-order chi connectivity index (χ1) is 9.50. The van der Waals surface area contributed by atoms with E-state index in [2.05, 4.69) is 11.8 Å². The number of halogens is 1. The van der Waals surface area contributed by atoms with Crippen molar-refractivity contribution < 1.29 is 5.11 Å². The van der Waals surface area contributed by atoms with Crippen molar-refractivity contribution in [2.24, 2.45) is 0 Å². The zero-order valence-electron chi connectivity index (χ0n) is 12.0.